The first-order valence-electron chi connectivity index (χ1n) is 11.0. The number of hydrogen-bond acceptors (Lipinski definition) is 5. The smallest absolute Gasteiger partial charge is 0.242 e. The molecule has 7 heteroatoms. The van der Waals surface area contributed by atoms with Gasteiger partial charge in [-0.1, -0.05) is 19.4 Å². The van der Waals surface area contributed by atoms with Crippen molar-refractivity contribution in [3.8, 4) is 11.5 Å². The van der Waals surface area contributed by atoms with E-state index in [1.807, 2.05) is 30.0 Å². The number of ether oxygens (including phenoxy) is 2. The van der Waals surface area contributed by atoms with Crippen LogP contribution in [-0.4, -0.2) is 41.5 Å². The van der Waals surface area contributed by atoms with E-state index in [1.54, 1.807) is 16.2 Å². The summed E-state index contributed by atoms with van der Waals surface area (Å²) in [6, 6.07) is 7.87. The number of aryl methyl sites for hydroxylation is 1. The fourth-order valence-electron chi connectivity index (χ4n) is 3.95. The van der Waals surface area contributed by atoms with Gasteiger partial charge in [0.05, 0.1) is 13.1 Å². The van der Waals surface area contributed by atoms with E-state index in [-0.39, 0.29) is 31.1 Å². The molecule has 0 atom stereocenters. The van der Waals surface area contributed by atoms with Crippen molar-refractivity contribution in [1.29, 1.82) is 0 Å². The summed E-state index contributed by atoms with van der Waals surface area (Å²) in [5, 5.41) is 2.05. The zero-order chi connectivity index (χ0) is 21.8. The van der Waals surface area contributed by atoms with Gasteiger partial charge in [0.2, 0.25) is 18.6 Å². The highest BCUT2D eigenvalue weighted by molar-refractivity contribution is 7.10. The molecule has 0 saturated heterocycles. The fourth-order valence-corrected chi connectivity index (χ4v) is 4.87. The maximum Gasteiger partial charge on any atom is 0.242 e. The number of thiophene rings is 1. The molecule has 2 aliphatic rings. The molecular weight excluding hydrogens is 412 g/mol. The van der Waals surface area contributed by atoms with Gasteiger partial charge in [0.1, 0.15) is 0 Å². The Morgan fingerprint density at radius 3 is 2.58 bits per heavy atom. The largest absolute Gasteiger partial charge is 0.454 e. The molecule has 2 amide bonds. The molecule has 1 aromatic carbocycles. The molecule has 0 N–H and O–H groups in total. The third-order valence-corrected chi connectivity index (χ3v) is 7.06. The van der Waals surface area contributed by atoms with Crippen molar-refractivity contribution in [3.05, 3.63) is 45.6 Å². The Kier molecular flexibility index (Phi) is 6.80. The molecule has 2 aromatic rings. The number of benzene rings is 1. The van der Waals surface area contributed by atoms with E-state index in [2.05, 4.69) is 18.4 Å². The average Bonchev–Trinajstić information content (AvgIpc) is 3.34. The van der Waals surface area contributed by atoms with Crippen LogP contribution in [0, 0.1) is 12.8 Å². The molecule has 31 heavy (non-hydrogen) atoms. The molecule has 6 nitrogen and oxygen atoms in total. The van der Waals surface area contributed by atoms with Crippen molar-refractivity contribution in [3.63, 3.8) is 0 Å². The Morgan fingerprint density at radius 1 is 1.10 bits per heavy atom. The van der Waals surface area contributed by atoms with Crippen LogP contribution in [-0.2, 0) is 22.7 Å². The van der Waals surface area contributed by atoms with Crippen LogP contribution in [0.2, 0.25) is 0 Å². The summed E-state index contributed by atoms with van der Waals surface area (Å²) in [5.41, 5.74) is 2.17. The minimum Gasteiger partial charge on any atom is -0.454 e. The second-order valence-corrected chi connectivity index (χ2v) is 9.35. The van der Waals surface area contributed by atoms with Gasteiger partial charge in [-0.3, -0.25) is 9.59 Å². The molecular formula is C24H30N2O4S. The Bertz CT molecular complexity index is 937. The van der Waals surface area contributed by atoms with Gasteiger partial charge in [-0.2, -0.15) is 0 Å². The number of nitrogens with zero attached hydrogens (tertiary/aromatic N) is 2. The topological polar surface area (TPSA) is 59.1 Å². The lowest BCUT2D eigenvalue weighted by atomic mass is 9.84. The van der Waals surface area contributed by atoms with E-state index >= 15 is 0 Å². The first-order chi connectivity index (χ1) is 15.0. The third kappa shape index (κ3) is 5.03. The summed E-state index contributed by atoms with van der Waals surface area (Å²) >= 11 is 1.66. The van der Waals surface area contributed by atoms with Gasteiger partial charge < -0.3 is 19.3 Å². The Balaban J connectivity index is 1.51. The predicted molar refractivity (Wildman–Crippen MR) is 120 cm³/mol. The second-order valence-electron chi connectivity index (χ2n) is 8.35. The van der Waals surface area contributed by atoms with Gasteiger partial charge >= 0.3 is 0 Å². The van der Waals surface area contributed by atoms with Crippen molar-refractivity contribution < 1.29 is 19.1 Å². The van der Waals surface area contributed by atoms with E-state index in [0.717, 1.165) is 37.0 Å². The van der Waals surface area contributed by atoms with Crippen LogP contribution in [0.15, 0.2) is 29.6 Å². The monoisotopic (exact) mass is 442 g/mol. The molecule has 1 aliphatic carbocycles. The van der Waals surface area contributed by atoms with Gasteiger partial charge in [0.25, 0.3) is 0 Å². The SMILES string of the molecule is CCCN(CC(=O)N(Cc1ccc2c(c1)OCO2)Cc1sccc1C)C(=O)C1CCC1. The van der Waals surface area contributed by atoms with Crippen molar-refractivity contribution >= 4 is 23.2 Å². The first kappa shape index (κ1) is 21.7. The number of carbonyl (C=O) groups is 2. The average molecular weight is 443 g/mol. The lowest BCUT2D eigenvalue weighted by Gasteiger charge is -2.33. The highest BCUT2D eigenvalue weighted by atomic mass is 32.1. The minimum atomic E-state index is -0.0217. The van der Waals surface area contributed by atoms with Crippen LogP contribution in [0.5, 0.6) is 11.5 Å². The van der Waals surface area contributed by atoms with Gasteiger partial charge in [-0.15, -0.1) is 11.3 Å². The lowest BCUT2D eigenvalue weighted by Crippen LogP contribution is -2.46. The Morgan fingerprint density at radius 2 is 1.90 bits per heavy atom. The maximum absolute atomic E-state index is 13.4. The highest BCUT2D eigenvalue weighted by Crippen LogP contribution is 2.33. The van der Waals surface area contributed by atoms with Crippen LogP contribution >= 0.6 is 11.3 Å². The molecule has 1 aromatic heterocycles. The zero-order valence-electron chi connectivity index (χ0n) is 18.3. The van der Waals surface area contributed by atoms with E-state index in [4.69, 9.17) is 9.47 Å². The van der Waals surface area contributed by atoms with Crippen LogP contribution in [0.1, 0.15) is 48.6 Å². The van der Waals surface area contributed by atoms with E-state index in [1.165, 1.54) is 10.4 Å². The third-order valence-electron chi connectivity index (χ3n) is 6.05. The maximum atomic E-state index is 13.4. The molecule has 0 spiro atoms. The first-order valence-corrected chi connectivity index (χ1v) is 11.9. The van der Waals surface area contributed by atoms with E-state index < -0.39 is 0 Å². The Labute approximate surface area is 187 Å². The van der Waals surface area contributed by atoms with Gasteiger partial charge in [-0.25, -0.2) is 0 Å². The zero-order valence-corrected chi connectivity index (χ0v) is 19.1. The molecule has 0 bridgehead atoms. The van der Waals surface area contributed by atoms with Crippen LogP contribution < -0.4 is 9.47 Å². The predicted octanol–water partition coefficient (Wildman–Crippen LogP) is 4.35. The standard InChI is InChI=1S/C24H30N2O4S/c1-3-10-25(24(28)19-5-4-6-19)15-23(27)26(14-22-17(2)9-11-31-22)13-18-7-8-20-21(12-18)30-16-29-20/h7-9,11-12,19H,3-6,10,13-16H2,1-2H3. The van der Waals surface area contributed by atoms with E-state index in [9.17, 15) is 9.59 Å². The number of amides is 2. The summed E-state index contributed by atoms with van der Waals surface area (Å²) < 4.78 is 10.9. The Hall–Kier alpha value is -2.54. The molecule has 166 valence electrons. The molecule has 1 saturated carbocycles. The minimum absolute atomic E-state index is 0.0217. The van der Waals surface area contributed by atoms with Crippen molar-refractivity contribution in [2.24, 2.45) is 5.92 Å². The van der Waals surface area contributed by atoms with Crippen molar-refractivity contribution in [2.45, 2.75) is 52.6 Å². The summed E-state index contributed by atoms with van der Waals surface area (Å²) in [4.78, 5) is 31.1. The van der Waals surface area contributed by atoms with Crippen LogP contribution in [0.3, 0.4) is 0 Å². The highest BCUT2D eigenvalue weighted by Gasteiger charge is 2.31. The van der Waals surface area contributed by atoms with Crippen LogP contribution in [0.4, 0.5) is 0 Å². The number of carbonyl (C=O) groups excluding carboxylic acids is 2. The number of hydrogen-bond donors (Lipinski definition) is 0. The quantitative estimate of drug-likeness (QED) is 0.579. The number of fused-ring (bicyclic) bond motifs is 1. The van der Waals surface area contributed by atoms with E-state index in [0.29, 0.717) is 25.4 Å². The summed E-state index contributed by atoms with van der Waals surface area (Å²) in [5.74, 6) is 1.66. The lowest BCUT2D eigenvalue weighted by molar-refractivity contribution is -0.145. The fraction of sp³-hybridized carbons (Fsp3) is 0.500. The molecule has 1 fully saturated rings. The second kappa shape index (κ2) is 9.73. The normalized spacial score (nSPS) is 14.9. The van der Waals surface area contributed by atoms with Gasteiger partial charge in [0, 0.05) is 23.9 Å². The number of rotatable bonds is 9. The van der Waals surface area contributed by atoms with Gasteiger partial charge in [-0.05, 0) is 60.9 Å². The molecule has 0 unspecified atom stereocenters. The molecule has 4 rings (SSSR count). The van der Waals surface area contributed by atoms with Crippen molar-refractivity contribution in [1.82, 2.24) is 9.80 Å². The van der Waals surface area contributed by atoms with Gasteiger partial charge in [0.15, 0.2) is 11.5 Å². The molecule has 1 aliphatic heterocycles. The van der Waals surface area contributed by atoms with Crippen LogP contribution in [0.25, 0.3) is 0 Å². The molecule has 0 radical (unpaired) electrons. The molecule has 2 heterocycles. The summed E-state index contributed by atoms with van der Waals surface area (Å²) in [6.07, 6.45) is 3.85. The van der Waals surface area contributed by atoms with Crippen molar-refractivity contribution in [2.75, 3.05) is 19.9 Å². The summed E-state index contributed by atoms with van der Waals surface area (Å²) in [6.45, 7) is 6.10. The summed E-state index contributed by atoms with van der Waals surface area (Å²) in [7, 11) is 0.